The maximum atomic E-state index is 12.9. The van der Waals surface area contributed by atoms with Crippen LogP contribution < -0.4 is 15.4 Å². The Balaban J connectivity index is 1.46. The molecule has 0 spiro atoms. The van der Waals surface area contributed by atoms with Crippen LogP contribution in [0.5, 0.6) is 5.75 Å². The van der Waals surface area contributed by atoms with Gasteiger partial charge in [-0.2, -0.15) is 0 Å². The summed E-state index contributed by atoms with van der Waals surface area (Å²) >= 11 is 0. The standard InChI is InChI=1S/C21H23FN4O2/c1-15(28-19-10-8-17(22)9-11-19)12-24-21(23-2)25-13-18-14-27-20(26-18)16-6-4-3-5-7-16/h3-11,14-15H,12-13H2,1-2H3,(H2,23,24,25). The lowest BCUT2D eigenvalue weighted by Crippen LogP contribution is -2.41. The van der Waals surface area contributed by atoms with Crippen molar-refractivity contribution in [3.8, 4) is 17.2 Å². The van der Waals surface area contributed by atoms with Gasteiger partial charge >= 0.3 is 0 Å². The van der Waals surface area contributed by atoms with E-state index in [1.165, 1.54) is 12.1 Å². The van der Waals surface area contributed by atoms with Crippen LogP contribution in [0, 0.1) is 5.82 Å². The number of hydrogen-bond donors (Lipinski definition) is 2. The van der Waals surface area contributed by atoms with Crippen molar-refractivity contribution in [2.75, 3.05) is 13.6 Å². The van der Waals surface area contributed by atoms with Gasteiger partial charge < -0.3 is 19.8 Å². The summed E-state index contributed by atoms with van der Waals surface area (Å²) in [6.07, 6.45) is 1.50. The highest BCUT2D eigenvalue weighted by molar-refractivity contribution is 5.79. The van der Waals surface area contributed by atoms with E-state index in [1.807, 2.05) is 37.3 Å². The summed E-state index contributed by atoms with van der Waals surface area (Å²) in [7, 11) is 1.69. The van der Waals surface area contributed by atoms with Gasteiger partial charge in [0, 0.05) is 12.6 Å². The molecule has 3 aromatic rings. The molecule has 1 aromatic heterocycles. The number of benzene rings is 2. The smallest absolute Gasteiger partial charge is 0.226 e. The summed E-state index contributed by atoms with van der Waals surface area (Å²) < 4.78 is 24.2. The maximum absolute atomic E-state index is 12.9. The lowest BCUT2D eigenvalue weighted by molar-refractivity contribution is 0.223. The highest BCUT2D eigenvalue weighted by Gasteiger charge is 2.09. The van der Waals surface area contributed by atoms with Crippen LogP contribution in [0.4, 0.5) is 4.39 Å². The van der Waals surface area contributed by atoms with E-state index >= 15 is 0 Å². The third-order valence-electron chi connectivity index (χ3n) is 3.94. The summed E-state index contributed by atoms with van der Waals surface area (Å²) in [4.78, 5) is 8.67. The molecule has 7 heteroatoms. The number of halogens is 1. The van der Waals surface area contributed by atoms with Gasteiger partial charge in [0.1, 0.15) is 23.9 Å². The molecule has 3 rings (SSSR count). The number of ether oxygens (including phenoxy) is 1. The second-order valence-corrected chi connectivity index (χ2v) is 6.20. The monoisotopic (exact) mass is 382 g/mol. The van der Waals surface area contributed by atoms with Crippen LogP contribution in [0.3, 0.4) is 0 Å². The lowest BCUT2D eigenvalue weighted by Gasteiger charge is -2.17. The van der Waals surface area contributed by atoms with Crippen molar-refractivity contribution in [2.24, 2.45) is 4.99 Å². The van der Waals surface area contributed by atoms with Crippen LogP contribution in [0.1, 0.15) is 12.6 Å². The van der Waals surface area contributed by atoms with E-state index in [-0.39, 0.29) is 11.9 Å². The fourth-order valence-electron chi connectivity index (χ4n) is 2.52. The van der Waals surface area contributed by atoms with Crippen LogP contribution in [0.25, 0.3) is 11.5 Å². The summed E-state index contributed by atoms with van der Waals surface area (Å²) in [6.45, 7) is 2.93. The molecule has 2 N–H and O–H groups in total. The molecule has 146 valence electrons. The van der Waals surface area contributed by atoms with Gasteiger partial charge in [-0.3, -0.25) is 4.99 Å². The summed E-state index contributed by atoms with van der Waals surface area (Å²) in [5.74, 6) is 1.54. The molecule has 0 bridgehead atoms. The average molecular weight is 382 g/mol. The van der Waals surface area contributed by atoms with Crippen LogP contribution in [0.2, 0.25) is 0 Å². The molecule has 0 radical (unpaired) electrons. The number of hydrogen-bond acceptors (Lipinski definition) is 4. The first-order valence-electron chi connectivity index (χ1n) is 9.00. The zero-order valence-corrected chi connectivity index (χ0v) is 15.9. The van der Waals surface area contributed by atoms with Crippen LogP contribution in [0.15, 0.2) is 70.3 Å². The number of guanidine groups is 1. The fraction of sp³-hybridized carbons (Fsp3) is 0.238. The largest absolute Gasteiger partial charge is 0.489 e. The number of aromatic nitrogens is 1. The number of nitrogens with zero attached hydrogens (tertiary/aromatic N) is 2. The third kappa shape index (κ3) is 5.57. The predicted molar refractivity (Wildman–Crippen MR) is 107 cm³/mol. The normalized spacial score (nSPS) is 12.5. The Labute approximate surface area is 163 Å². The van der Waals surface area contributed by atoms with Gasteiger partial charge in [-0.25, -0.2) is 9.37 Å². The van der Waals surface area contributed by atoms with Gasteiger partial charge in [0.15, 0.2) is 5.96 Å². The van der Waals surface area contributed by atoms with E-state index < -0.39 is 0 Å². The minimum absolute atomic E-state index is 0.124. The third-order valence-corrected chi connectivity index (χ3v) is 3.94. The number of aliphatic imine (C=N–C) groups is 1. The van der Waals surface area contributed by atoms with Gasteiger partial charge in [-0.15, -0.1) is 0 Å². The van der Waals surface area contributed by atoms with E-state index in [0.717, 1.165) is 11.3 Å². The molecule has 0 aliphatic carbocycles. The van der Waals surface area contributed by atoms with Gasteiger partial charge in [0.25, 0.3) is 0 Å². The van der Waals surface area contributed by atoms with E-state index in [2.05, 4.69) is 20.6 Å². The molecule has 6 nitrogen and oxygen atoms in total. The second kappa shape index (κ2) is 9.55. The Morgan fingerprint density at radius 2 is 1.89 bits per heavy atom. The molecule has 1 heterocycles. The first-order valence-corrected chi connectivity index (χ1v) is 9.00. The van der Waals surface area contributed by atoms with Crippen molar-refractivity contribution in [1.82, 2.24) is 15.6 Å². The average Bonchev–Trinajstić information content (AvgIpc) is 3.20. The lowest BCUT2D eigenvalue weighted by atomic mass is 10.2. The molecule has 28 heavy (non-hydrogen) atoms. The Morgan fingerprint density at radius 3 is 2.61 bits per heavy atom. The Kier molecular flexibility index (Phi) is 6.62. The van der Waals surface area contributed by atoms with Gasteiger partial charge in [-0.1, -0.05) is 18.2 Å². The fourth-order valence-corrected chi connectivity index (χ4v) is 2.52. The zero-order chi connectivity index (χ0) is 19.8. The van der Waals surface area contributed by atoms with Crippen molar-refractivity contribution in [2.45, 2.75) is 19.6 Å². The molecule has 0 aliphatic heterocycles. The summed E-state index contributed by atoms with van der Waals surface area (Å²) in [5, 5.41) is 6.38. The maximum Gasteiger partial charge on any atom is 0.226 e. The summed E-state index contributed by atoms with van der Waals surface area (Å²) in [6, 6.07) is 15.7. The predicted octanol–water partition coefficient (Wildman–Crippen LogP) is 3.61. The molecule has 2 aromatic carbocycles. The van der Waals surface area contributed by atoms with Crippen LogP contribution in [-0.2, 0) is 6.54 Å². The minimum Gasteiger partial charge on any atom is -0.489 e. The molecular weight excluding hydrogens is 359 g/mol. The molecule has 1 atom stereocenters. The molecule has 0 fully saturated rings. The van der Waals surface area contributed by atoms with Crippen molar-refractivity contribution >= 4 is 5.96 Å². The topological polar surface area (TPSA) is 71.7 Å². The van der Waals surface area contributed by atoms with E-state index in [4.69, 9.17) is 9.15 Å². The van der Waals surface area contributed by atoms with Gasteiger partial charge in [0.05, 0.1) is 18.8 Å². The van der Waals surface area contributed by atoms with E-state index in [9.17, 15) is 4.39 Å². The first-order chi connectivity index (χ1) is 13.6. The molecule has 1 unspecified atom stereocenters. The Morgan fingerprint density at radius 1 is 1.14 bits per heavy atom. The van der Waals surface area contributed by atoms with E-state index in [1.54, 1.807) is 25.4 Å². The van der Waals surface area contributed by atoms with Crippen molar-refractivity contribution in [3.63, 3.8) is 0 Å². The van der Waals surface area contributed by atoms with Gasteiger partial charge in [0.2, 0.25) is 5.89 Å². The molecule has 0 amide bonds. The van der Waals surface area contributed by atoms with Crippen molar-refractivity contribution in [3.05, 3.63) is 72.4 Å². The highest BCUT2D eigenvalue weighted by atomic mass is 19.1. The number of rotatable bonds is 7. The molecular formula is C21H23FN4O2. The van der Waals surface area contributed by atoms with Crippen LogP contribution in [-0.4, -0.2) is 30.6 Å². The SMILES string of the molecule is CN=C(NCc1coc(-c2ccccc2)n1)NCC(C)Oc1ccc(F)cc1. The second-order valence-electron chi connectivity index (χ2n) is 6.20. The number of oxazole rings is 1. The van der Waals surface area contributed by atoms with E-state index in [0.29, 0.717) is 30.7 Å². The number of nitrogens with one attached hydrogen (secondary N) is 2. The van der Waals surface area contributed by atoms with Crippen LogP contribution >= 0.6 is 0 Å². The van der Waals surface area contributed by atoms with Gasteiger partial charge in [-0.05, 0) is 43.3 Å². The summed E-state index contributed by atoms with van der Waals surface area (Å²) in [5.41, 5.74) is 1.71. The zero-order valence-electron chi connectivity index (χ0n) is 15.9. The van der Waals surface area contributed by atoms with Crippen molar-refractivity contribution in [1.29, 1.82) is 0 Å². The molecule has 0 aliphatic rings. The van der Waals surface area contributed by atoms with Crippen molar-refractivity contribution < 1.29 is 13.5 Å². The Bertz CT molecular complexity index is 894. The quantitative estimate of drug-likeness (QED) is 0.482. The highest BCUT2D eigenvalue weighted by Crippen LogP contribution is 2.17. The molecule has 0 saturated heterocycles. The first kappa shape index (κ1) is 19.4. The molecule has 0 saturated carbocycles. The minimum atomic E-state index is -0.286. The Hall–Kier alpha value is -3.35.